The third-order valence-electron chi connectivity index (χ3n) is 9.54. The zero-order chi connectivity index (χ0) is 33.8. The fraction of sp³-hybridized carbons (Fsp3) is 0.0500. The van der Waals surface area contributed by atoms with Crippen molar-refractivity contribution in [2.45, 2.75) is 13.8 Å². The van der Waals surface area contributed by atoms with Crippen LogP contribution in [0.3, 0.4) is 0 Å². The molecular weight excluding hydrogens is 629 g/mol. The van der Waals surface area contributed by atoms with E-state index in [0.717, 1.165) is 53.0 Å². The van der Waals surface area contributed by atoms with E-state index in [9.17, 15) is 0 Å². The molecule has 6 aromatic carbocycles. The van der Waals surface area contributed by atoms with Gasteiger partial charge in [-0.3, -0.25) is 8.80 Å². The fourth-order valence-corrected chi connectivity index (χ4v) is 14.5. The number of benzene rings is 6. The standard InChI is InChI=1S/C40H28N4S2Si/c1-25-21-29(23-33-37(25)41-39-43(33)31-17-9-11-19-35(31)45-39)47(27-13-5-3-6-14-27,28-15-7-4-8-16-28)30-22-26(2)38-34(24-30)44-32-18-10-12-20-36(32)46-40(44)42-38/h3-24H,1-2H3/i1D3. The third-order valence-corrected chi connectivity index (χ3v) is 16.3. The number of nitrogens with zero attached hydrogens (tertiary/aromatic N) is 4. The summed E-state index contributed by atoms with van der Waals surface area (Å²) in [6.45, 7) is -0.232. The van der Waals surface area contributed by atoms with E-state index in [1.165, 1.54) is 20.3 Å². The molecule has 0 saturated heterocycles. The van der Waals surface area contributed by atoms with Crippen molar-refractivity contribution >= 4 is 104 Å². The monoisotopic (exact) mass is 659 g/mol. The Morgan fingerprint density at radius 1 is 0.511 bits per heavy atom. The maximum Gasteiger partial charge on any atom is 0.195 e. The molecular formula is C40H28N4S2Si. The topological polar surface area (TPSA) is 34.6 Å². The number of fused-ring (bicyclic) bond motifs is 10. The molecule has 4 nitrogen and oxygen atoms in total. The lowest BCUT2D eigenvalue weighted by molar-refractivity contribution is 1.35. The van der Waals surface area contributed by atoms with Gasteiger partial charge >= 0.3 is 0 Å². The molecule has 224 valence electrons. The summed E-state index contributed by atoms with van der Waals surface area (Å²) in [6, 6.07) is 46.9. The van der Waals surface area contributed by atoms with E-state index in [-0.39, 0.29) is 5.56 Å². The summed E-state index contributed by atoms with van der Waals surface area (Å²) in [5, 5.41) is 4.52. The summed E-state index contributed by atoms with van der Waals surface area (Å²) in [5.74, 6) is 0. The van der Waals surface area contributed by atoms with Crippen LogP contribution >= 0.6 is 22.7 Å². The summed E-state index contributed by atoms with van der Waals surface area (Å²) in [7, 11) is -3.22. The lowest BCUT2D eigenvalue weighted by atomic mass is 10.2. The van der Waals surface area contributed by atoms with Crippen molar-refractivity contribution in [2.24, 2.45) is 0 Å². The van der Waals surface area contributed by atoms with Crippen molar-refractivity contribution < 1.29 is 4.11 Å². The van der Waals surface area contributed by atoms with Crippen LogP contribution in [0.5, 0.6) is 0 Å². The van der Waals surface area contributed by atoms with E-state index >= 15 is 0 Å². The maximum absolute atomic E-state index is 8.82. The second-order valence-electron chi connectivity index (χ2n) is 12.1. The van der Waals surface area contributed by atoms with Gasteiger partial charge in [0, 0.05) is 4.11 Å². The molecule has 7 heteroatoms. The highest BCUT2D eigenvalue weighted by molar-refractivity contribution is 7.24. The molecule has 10 aromatic rings. The Hall–Kier alpha value is -5.08. The first-order valence-corrected chi connectivity index (χ1v) is 19.2. The molecule has 4 heterocycles. The fourth-order valence-electron chi connectivity index (χ4n) is 7.55. The van der Waals surface area contributed by atoms with Gasteiger partial charge in [-0.2, -0.15) is 0 Å². The van der Waals surface area contributed by atoms with Crippen molar-refractivity contribution in [3.63, 3.8) is 0 Å². The number of imidazole rings is 2. The van der Waals surface area contributed by atoms with Crippen LogP contribution in [0, 0.1) is 13.8 Å². The number of para-hydroxylation sites is 2. The van der Waals surface area contributed by atoms with Gasteiger partial charge in [-0.1, -0.05) is 120 Å². The smallest absolute Gasteiger partial charge is 0.195 e. The van der Waals surface area contributed by atoms with E-state index in [0.29, 0.717) is 5.52 Å². The second kappa shape index (κ2) is 9.96. The molecule has 0 N–H and O–H groups in total. The second-order valence-corrected chi connectivity index (χ2v) is 18.0. The average Bonchev–Trinajstić information content (AvgIpc) is 3.87. The van der Waals surface area contributed by atoms with Gasteiger partial charge in [0.05, 0.1) is 42.5 Å². The number of aryl methyl sites for hydroxylation is 2. The first-order chi connectivity index (χ1) is 24.3. The van der Waals surface area contributed by atoms with E-state index in [1.54, 1.807) is 22.7 Å². The van der Waals surface area contributed by atoms with Crippen molar-refractivity contribution in [3.05, 3.63) is 145 Å². The quantitative estimate of drug-likeness (QED) is 0.143. The molecule has 0 spiro atoms. The van der Waals surface area contributed by atoms with Crippen LogP contribution in [0.15, 0.2) is 133 Å². The SMILES string of the molecule is [2H]C([2H])([2H])c1cc([Si](c2ccccc2)(c2ccccc2)c2cc(C)c3nc4sc5ccccc5n4c3c2)cc2c1nc1sc3ccccc3n12. The van der Waals surface area contributed by atoms with Crippen LogP contribution in [0.4, 0.5) is 0 Å². The van der Waals surface area contributed by atoms with Gasteiger partial charge in [-0.05, 0) is 82.0 Å². The summed E-state index contributed by atoms with van der Waals surface area (Å²) >= 11 is 3.29. The predicted octanol–water partition coefficient (Wildman–Crippen LogP) is 7.71. The lowest BCUT2D eigenvalue weighted by Crippen LogP contribution is -2.74. The van der Waals surface area contributed by atoms with Gasteiger partial charge in [0.2, 0.25) is 0 Å². The average molecular weight is 660 g/mol. The Kier molecular flexibility index (Phi) is 5.11. The van der Waals surface area contributed by atoms with Crippen molar-refractivity contribution in [2.75, 3.05) is 0 Å². The summed E-state index contributed by atoms with van der Waals surface area (Å²) in [6.07, 6.45) is 0. The van der Waals surface area contributed by atoms with Crippen molar-refractivity contribution in [3.8, 4) is 0 Å². The molecule has 0 aliphatic rings. The molecule has 0 radical (unpaired) electrons. The van der Waals surface area contributed by atoms with Crippen LogP contribution < -0.4 is 20.7 Å². The van der Waals surface area contributed by atoms with Gasteiger partial charge in [-0.15, -0.1) is 0 Å². The molecule has 0 unspecified atom stereocenters. The zero-order valence-corrected chi connectivity index (χ0v) is 27.9. The van der Waals surface area contributed by atoms with Crippen LogP contribution in [0.1, 0.15) is 15.2 Å². The molecule has 0 fully saturated rings. The highest BCUT2D eigenvalue weighted by Gasteiger charge is 2.42. The van der Waals surface area contributed by atoms with E-state index < -0.39 is 14.9 Å². The molecule has 0 aliphatic carbocycles. The van der Waals surface area contributed by atoms with Crippen LogP contribution in [0.2, 0.25) is 0 Å². The number of thiazole rings is 2. The van der Waals surface area contributed by atoms with Gasteiger partial charge in [0.25, 0.3) is 0 Å². The molecule has 0 aliphatic heterocycles. The maximum atomic E-state index is 8.82. The van der Waals surface area contributed by atoms with Crippen molar-refractivity contribution in [1.29, 1.82) is 0 Å². The first-order valence-electron chi connectivity index (χ1n) is 17.1. The van der Waals surface area contributed by atoms with Crippen LogP contribution in [-0.2, 0) is 0 Å². The molecule has 10 rings (SSSR count). The molecule has 4 aromatic heterocycles. The van der Waals surface area contributed by atoms with Gasteiger partial charge in [0.1, 0.15) is 0 Å². The minimum absolute atomic E-state index is 0.280. The Morgan fingerprint density at radius 2 is 0.957 bits per heavy atom. The van der Waals surface area contributed by atoms with Gasteiger partial charge < -0.3 is 0 Å². The van der Waals surface area contributed by atoms with E-state index in [2.05, 4.69) is 131 Å². The number of rotatable bonds is 4. The number of hydrogen-bond donors (Lipinski definition) is 0. The molecule has 0 bridgehead atoms. The minimum Gasteiger partial charge on any atom is -0.283 e. The number of hydrogen-bond acceptors (Lipinski definition) is 4. The van der Waals surface area contributed by atoms with E-state index in [1.807, 2.05) is 18.2 Å². The van der Waals surface area contributed by atoms with Crippen LogP contribution in [-0.4, -0.2) is 26.8 Å². The summed E-state index contributed by atoms with van der Waals surface area (Å²) in [4.78, 5) is 11.9. The zero-order valence-electron chi connectivity index (χ0n) is 28.3. The largest absolute Gasteiger partial charge is 0.283 e. The van der Waals surface area contributed by atoms with Gasteiger partial charge in [-0.25, -0.2) is 9.97 Å². The highest BCUT2D eigenvalue weighted by Crippen LogP contribution is 2.33. The molecule has 0 saturated carbocycles. The Bertz CT molecular complexity index is 2900. The highest BCUT2D eigenvalue weighted by atomic mass is 32.1. The Labute approximate surface area is 284 Å². The van der Waals surface area contributed by atoms with Crippen molar-refractivity contribution in [1.82, 2.24) is 18.8 Å². The normalized spacial score (nSPS) is 13.7. The van der Waals surface area contributed by atoms with Crippen LogP contribution in [0.25, 0.3) is 52.4 Å². The predicted molar refractivity (Wildman–Crippen MR) is 203 cm³/mol. The lowest BCUT2D eigenvalue weighted by Gasteiger charge is -2.35. The Balaban J connectivity index is 1.41. The van der Waals surface area contributed by atoms with E-state index in [4.69, 9.17) is 14.1 Å². The molecule has 47 heavy (non-hydrogen) atoms. The summed E-state index contributed by atoms with van der Waals surface area (Å²) in [5.41, 5.74) is 6.92. The first kappa shape index (κ1) is 24.1. The molecule has 0 atom stereocenters. The Morgan fingerprint density at radius 3 is 1.47 bits per heavy atom. The molecule has 0 amide bonds. The third kappa shape index (κ3) is 3.73. The number of aromatic nitrogens is 4. The van der Waals surface area contributed by atoms with Gasteiger partial charge in [0.15, 0.2) is 18.0 Å². The minimum atomic E-state index is -3.22. The summed E-state index contributed by atoms with van der Waals surface area (Å²) < 4.78 is 33.2.